The van der Waals surface area contributed by atoms with E-state index in [1.54, 1.807) is 7.05 Å². The lowest BCUT2D eigenvalue weighted by atomic mass is 9.45. The number of aliphatic carboxylic acids is 1. The molecule has 4 aliphatic carbocycles. The molecule has 2 atom stereocenters. The van der Waals surface area contributed by atoms with Crippen molar-refractivity contribution < 1.29 is 14.7 Å². The highest BCUT2D eigenvalue weighted by molar-refractivity contribution is 5.80. The van der Waals surface area contributed by atoms with Gasteiger partial charge < -0.3 is 15.3 Å². The van der Waals surface area contributed by atoms with Crippen LogP contribution in [0.25, 0.3) is 0 Å². The standard InChI is InChI=1S/C20H26N2O3/c1-22(12-17(23)24)18(25)21-20-10-14-7-15(11-20)9-19(8-14,13-20)16-5-3-2-4-6-16/h2-6,14-15H,7-13H2,1H3,(H,21,25)(H,23,24). The molecular weight excluding hydrogens is 316 g/mol. The molecule has 0 aromatic heterocycles. The van der Waals surface area contributed by atoms with Crippen molar-refractivity contribution in [3.63, 3.8) is 0 Å². The van der Waals surface area contributed by atoms with Crippen molar-refractivity contribution in [1.29, 1.82) is 0 Å². The molecule has 25 heavy (non-hydrogen) atoms. The van der Waals surface area contributed by atoms with E-state index in [1.807, 2.05) is 0 Å². The van der Waals surface area contributed by atoms with Gasteiger partial charge in [0, 0.05) is 12.6 Å². The maximum atomic E-state index is 12.6. The summed E-state index contributed by atoms with van der Waals surface area (Å²) in [5.41, 5.74) is 1.40. The average molecular weight is 342 g/mol. The Kier molecular flexibility index (Phi) is 3.78. The SMILES string of the molecule is CN(CC(=O)O)C(=O)NC12CC3CC(C1)CC(c1ccccc1)(C3)C2. The minimum absolute atomic E-state index is 0.171. The largest absolute Gasteiger partial charge is 0.480 e. The normalized spacial score (nSPS) is 35.4. The van der Waals surface area contributed by atoms with Crippen LogP contribution in [-0.2, 0) is 10.2 Å². The Morgan fingerprint density at radius 1 is 1.16 bits per heavy atom. The van der Waals surface area contributed by atoms with Crippen molar-refractivity contribution in [3.05, 3.63) is 35.9 Å². The van der Waals surface area contributed by atoms with Gasteiger partial charge in [0.05, 0.1) is 0 Å². The van der Waals surface area contributed by atoms with Gasteiger partial charge in [-0.25, -0.2) is 4.79 Å². The van der Waals surface area contributed by atoms with Crippen LogP contribution in [0, 0.1) is 11.8 Å². The minimum atomic E-state index is -0.982. The first-order valence-corrected chi connectivity index (χ1v) is 9.20. The monoisotopic (exact) mass is 342 g/mol. The molecule has 4 fully saturated rings. The second-order valence-electron chi connectivity index (χ2n) is 8.57. The van der Waals surface area contributed by atoms with Crippen molar-refractivity contribution in [2.75, 3.05) is 13.6 Å². The molecule has 5 rings (SSSR count). The van der Waals surface area contributed by atoms with Crippen molar-refractivity contribution in [2.45, 2.75) is 49.5 Å². The third kappa shape index (κ3) is 2.90. The zero-order valence-corrected chi connectivity index (χ0v) is 14.7. The molecule has 2 amide bonds. The van der Waals surface area contributed by atoms with Gasteiger partial charge in [-0.05, 0) is 61.3 Å². The van der Waals surface area contributed by atoms with E-state index in [4.69, 9.17) is 5.11 Å². The van der Waals surface area contributed by atoms with Crippen LogP contribution in [-0.4, -0.2) is 41.1 Å². The van der Waals surface area contributed by atoms with E-state index in [0.717, 1.165) is 19.3 Å². The topological polar surface area (TPSA) is 69.6 Å². The second kappa shape index (κ2) is 5.75. The summed E-state index contributed by atoms with van der Waals surface area (Å²) in [5.74, 6) is 0.335. The van der Waals surface area contributed by atoms with Gasteiger partial charge in [0.1, 0.15) is 6.54 Å². The number of likely N-dealkylation sites (N-methyl/N-ethyl adjacent to an activating group) is 1. The highest BCUT2D eigenvalue weighted by Crippen LogP contribution is 2.62. The van der Waals surface area contributed by atoms with Crippen LogP contribution in [0.5, 0.6) is 0 Å². The van der Waals surface area contributed by atoms with Gasteiger partial charge in [-0.2, -0.15) is 0 Å². The van der Waals surface area contributed by atoms with E-state index >= 15 is 0 Å². The summed E-state index contributed by atoms with van der Waals surface area (Å²) in [4.78, 5) is 24.7. The first-order chi connectivity index (χ1) is 11.9. The fourth-order valence-corrected chi connectivity index (χ4v) is 6.14. The highest BCUT2D eigenvalue weighted by atomic mass is 16.4. The van der Waals surface area contributed by atoms with E-state index in [2.05, 4.69) is 35.6 Å². The summed E-state index contributed by atoms with van der Waals surface area (Å²) in [5, 5.41) is 12.2. The molecule has 0 spiro atoms. The first kappa shape index (κ1) is 16.4. The molecule has 0 saturated heterocycles. The number of urea groups is 1. The number of hydrogen-bond acceptors (Lipinski definition) is 2. The van der Waals surface area contributed by atoms with Crippen LogP contribution in [0.2, 0.25) is 0 Å². The number of benzene rings is 1. The number of nitrogens with one attached hydrogen (secondary N) is 1. The molecule has 1 aromatic rings. The van der Waals surface area contributed by atoms with Gasteiger partial charge in [-0.15, -0.1) is 0 Å². The Bertz CT molecular complexity index is 673. The average Bonchev–Trinajstić information content (AvgIpc) is 2.53. The molecule has 5 nitrogen and oxygen atoms in total. The number of carboxylic acid groups (broad SMARTS) is 1. The van der Waals surface area contributed by atoms with Crippen molar-refractivity contribution in [1.82, 2.24) is 10.2 Å². The Balaban J connectivity index is 1.59. The minimum Gasteiger partial charge on any atom is -0.480 e. The lowest BCUT2D eigenvalue weighted by Crippen LogP contribution is -2.65. The third-order valence-electron chi connectivity index (χ3n) is 6.54. The van der Waals surface area contributed by atoms with Crippen LogP contribution in [0.3, 0.4) is 0 Å². The fourth-order valence-electron chi connectivity index (χ4n) is 6.14. The van der Waals surface area contributed by atoms with Crippen LogP contribution in [0.4, 0.5) is 4.79 Å². The molecule has 1 aromatic carbocycles. The number of carbonyl (C=O) groups excluding carboxylic acids is 1. The molecule has 4 saturated carbocycles. The molecule has 0 heterocycles. The van der Waals surface area contributed by atoms with Crippen LogP contribution >= 0.6 is 0 Å². The third-order valence-corrected chi connectivity index (χ3v) is 6.54. The maximum absolute atomic E-state index is 12.6. The molecular formula is C20H26N2O3. The van der Waals surface area contributed by atoms with E-state index in [-0.39, 0.29) is 23.5 Å². The molecule has 134 valence electrons. The number of carbonyl (C=O) groups is 2. The molecule has 5 heteroatoms. The van der Waals surface area contributed by atoms with Gasteiger partial charge in [0.2, 0.25) is 0 Å². The van der Waals surface area contributed by atoms with Crippen molar-refractivity contribution in [3.8, 4) is 0 Å². The predicted molar refractivity (Wildman–Crippen MR) is 94.3 cm³/mol. The number of carboxylic acids is 1. The molecule has 2 unspecified atom stereocenters. The number of amides is 2. The zero-order valence-electron chi connectivity index (χ0n) is 14.7. The second-order valence-corrected chi connectivity index (χ2v) is 8.57. The van der Waals surface area contributed by atoms with Crippen molar-refractivity contribution in [2.24, 2.45) is 11.8 Å². The molecule has 0 aliphatic heterocycles. The smallest absolute Gasteiger partial charge is 0.323 e. The van der Waals surface area contributed by atoms with Crippen LogP contribution in [0.1, 0.15) is 44.1 Å². The van der Waals surface area contributed by atoms with E-state index in [0.29, 0.717) is 11.8 Å². The first-order valence-electron chi connectivity index (χ1n) is 9.20. The van der Waals surface area contributed by atoms with Gasteiger partial charge >= 0.3 is 12.0 Å². The maximum Gasteiger partial charge on any atom is 0.323 e. The lowest BCUT2D eigenvalue weighted by molar-refractivity contribution is -0.137. The summed E-state index contributed by atoms with van der Waals surface area (Å²) in [6.45, 7) is -0.265. The summed E-state index contributed by atoms with van der Waals surface area (Å²) >= 11 is 0. The number of nitrogens with zero attached hydrogens (tertiary/aromatic N) is 1. The Morgan fingerprint density at radius 2 is 1.80 bits per heavy atom. The van der Waals surface area contributed by atoms with Crippen LogP contribution in [0.15, 0.2) is 30.3 Å². The van der Waals surface area contributed by atoms with Gasteiger partial charge in [-0.1, -0.05) is 30.3 Å². The molecule has 4 bridgehead atoms. The number of hydrogen-bond donors (Lipinski definition) is 2. The highest BCUT2D eigenvalue weighted by Gasteiger charge is 2.58. The zero-order chi connectivity index (χ0) is 17.7. The van der Waals surface area contributed by atoms with Gasteiger partial charge in [0.15, 0.2) is 0 Å². The summed E-state index contributed by atoms with van der Waals surface area (Å²) < 4.78 is 0. The van der Waals surface area contributed by atoms with Gasteiger partial charge in [-0.3, -0.25) is 4.79 Å². The quantitative estimate of drug-likeness (QED) is 0.884. The van der Waals surface area contributed by atoms with E-state index in [9.17, 15) is 9.59 Å². The Morgan fingerprint density at radius 3 is 2.40 bits per heavy atom. The van der Waals surface area contributed by atoms with Crippen molar-refractivity contribution >= 4 is 12.0 Å². The van der Waals surface area contributed by atoms with Gasteiger partial charge in [0.25, 0.3) is 0 Å². The van der Waals surface area contributed by atoms with Crippen LogP contribution < -0.4 is 5.32 Å². The predicted octanol–water partition coefficient (Wildman–Crippen LogP) is 3.00. The number of rotatable bonds is 4. The lowest BCUT2D eigenvalue weighted by Gasteiger charge is -2.62. The summed E-state index contributed by atoms with van der Waals surface area (Å²) in [7, 11) is 1.55. The van der Waals surface area contributed by atoms with E-state index in [1.165, 1.54) is 29.7 Å². The van der Waals surface area contributed by atoms with E-state index < -0.39 is 5.97 Å². The summed E-state index contributed by atoms with van der Waals surface area (Å²) in [6.07, 6.45) is 6.75. The Hall–Kier alpha value is -2.04. The molecule has 0 radical (unpaired) electrons. The molecule has 2 N–H and O–H groups in total. The summed E-state index contributed by atoms with van der Waals surface area (Å²) in [6, 6.07) is 10.5. The molecule has 4 aliphatic rings. The fraction of sp³-hybridized carbons (Fsp3) is 0.600. The Labute approximate surface area is 148 Å².